The third-order valence-electron chi connectivity index (χ3n) is 3.81. The van der Waals surface area contributed by atoms with Crippen molar-refractivity contribution < 1.29 is 5.11 Å². The second-order valence-electron chi connectivity index (χ2n) is 5.38. The number of aromatic hydroxyl groups is 1. The van der Waals surface area contributed by atoms with Crippen LogP contribution in [0.1, 0.15) is 30.0 Å². The summed E-state index contributed by atoms with van der Waals surface area (Å²) in [4.78, 5) is 0. The van der Waals surface area contributed by atoms with Gasteiger partial charge in [0.15, 0.2) is 0 Å². The average molecular weight is 288 g/mol. The summed E-state index contributed by atoms with van der Waals surface area (Å²) in [5.41, 5.74) is 2.16. The van der Waals surface area contributed by atoms with E-state index >= 15 is 0 Å². The number of rotatable bonds is 5. The highest BCUT2D eigenvalue weighted by Gasteiger charge is 2.31. The lowest BCUT2D eigenvalue weighted by molar-refractivity contribution is 0.445. The van der Waals surface area contributed by atoms with Gasteiger partial charge in [0.1, 0.15) is 5.75 Å². The molecule has 104 valence electrons. The maximum Gasteiger partial charge on any atom is 0.120 e. The highest BCUT2D eigenvalue weighted by Crippen LogP contribution is 2.41. The third kappa shape index (κ3) is 3.14. The first kappa shape index (κ1) is 13.5. The monoisotopic (exact) mass is 287 g/mol. The Morgan fingerprint density at radius 2 is 1.90 bits per heavy atom. The Balaban J connectivity index is 1.73. The van der Waals surface area contributed by atoms with E-state index in [-0.39, 0.29) is 0 Å². The molecule has 1 aliphatic rings. The standard InChI is InChI=1S/C17H18ClNO/c18-15-8-9-16(20)14(10-15)11-19-17(13-6-7-13)12-4-2-1-3-5-12/h1-5,8-10,13,17,19-20H,6-7,11H2. The SMILES string of the molecule is Oc1ccc(Cl)cc1CNC(c1ccccc1)C1CC1. The van der Waals surface area contributed by atoms with E-state index in [9.17, 15) is 5.11 Å². The fourth-order valence-corrected chi connectivity index (χ4v) is 2.76. The lowest BCUT2D eigenvalue weighted by Gasteiger charge is -2.19. The Bertz CT molecular complexity index is 581. The minimum absolute atomic E-state index is 0.296. The van der Waals surface area contributed by atoms with Crippen molar-refractivity contribution in [3.05, 3.63) is 64.7 Å². The predicted molar refractivity (Wildman–Crippen MR) is 81.9 cm³/mol. The van der Waals surface area contributed by atoms with Crippen LogP contribution in [0.25, 0.3) is 0 Å². The fraction of sp³-hybridized carbons (Fsp3) is 0.294. The first-order valence-electron chi connectivity index (χ1n) is 7.00. The minimum atomic E-state index is 0.296. The Morgan fingerprint density at radius 3 is 2.60 bits per heavy atom. The van der Waals surface area contributed by atoms with Crippen molar-refractivity contribution in [2.75, 3.05) is 0 Å². The maximum atomic E-state index is 9.87. The molecule has 0 spiro atoms. The van der Waals surface area contributed by atoms with Crippen molar-refractivity contribution in [3.63, 3.8) is 0 Å². The number of phenols is 1. The first-order chi connectivity index (χ1) is 9.74. The normalized spacial score (nSPS) is 16.1. The summed E-state index contributed by atoms with van der Waals surface area (Å²) in [5, 5.41) is 14.1. The molecule has 0 amide bonds. The van der Waals surface area contributed by atoms with Crippen LogP contribution in [0.15, 0.2) is 48.5 Å². The van der Waals surface area contributed by atoms with Crippen LogP contribution in [0.3, 0.4) is 0 Å². The van der Waals surface area contributed by atoms with Crippen molar-refractivity contribution >= 4 is 11.6 Å². The molecule has 0 saturated heterocycles. The molecule has 1 aliphatic carbocycles. The highest BCUT2D eigenvalue weighted by molar-refractivity contribution is 6.30. The first-order valence-corrected chi connectivity index (χ1v) is 7.37. The number of benzene rings is 2. The van der Waals surface area contributed by atoms with Crippen molar-refractivity contribution in [1.82, 2.24) is 5.32 Å². The van der Waals surface area contributed by atoms with Crippen LogP contribution >= 0.6 is 11.6 Å². The van der Waals surface area contributed by atoms with Crippen LogP contribution in [0.5, 0.6) is 5.75 Å². The number of halogens is 1. The second-order valence-corrected chi connectivity index (χ2v) is 5.82. The highest BCUT2D eigenvalue weighted by atomic mass is 35.5. The number of nitrogens with one attached hydrogen (secondary N) is 1. The van der Waals surface area contributed by atoms with Crippen LogP contribution in [0, 0.1) is 5.92 Å². The summed E-state index contributed by atoms with van der Waals surface area (Å²) in [6.45, 7) is 0.627. The molecule has 20 heavy (non-hydrogen) atoms. The van der Waals surface area contributed by atoms with Crippen molar-refractivity contribution in [3.8, 4) is 5.75 Å². The largest absolute Gasteiger partial charge is 0.508 e. The molecule has 1 atom stereocenters. The number of hydrogen-bond donors (Lipinski definition) is 2. The van der Waals surface area contributed by atoms with Gasteiger partial charge in [-0.2, -0.15) is 0 Å². The van der Waals surface area contributed by atoms with Gasteiger partial charge in [0.25, 0.3) is 0 Å². The van der Waals surface area contributed by atoms with Crippen molar-refractivity contribution in [1.29, 1.82) is 0 Å². The summed E-state index contributed by atoms with van der Waals surface area (Å²) < 4.78 is 0. The van der Waals surface area contributed by atoms with Crippen molar-refractivity contribution in [2.45, 2.75) is 25.4 Å². The summed E-state index contributed by atoms with van der Waals surface area (Å²) in [6.07, 6.45) is 2.54. The van der Waals surface area contributed by atoms with Crippen LogP contribution in [-0.2, 0) is 6.54 Å². The van der Waals surface area contributed by atoms with Gasteiger partial charge in [-0.05, 0) is 42.5 Å². The molecule has 2 aromatic rings. The second kappa shape index (κ2) is 5.86. The molecule has 2 nitrogen and oxygen atoms in total. The smallest absolute Gasteiger partial charge is 0.120 e. The van der Waals surface area contributed by atoms with Crippen LogP contribution in [-0.4, -0.2) is 5.11 Å². The molecule has 3 rings (SSSR count). The molecular weight excluding hydrogens is 270 g/mol. The van der Waals surface area contributed by atoms with E-state index in [0.29, 0.717) is 29.3 Å². The molecule has 0 bridgehead atoms. The summed E-state index contributed by atoms with van der Waals surface area (Å²) in [7, 11) is 0. The van der Waals surface area contributed by atoms with E-state index in [1.54, 1.807) is 12.1 Å². The Hall–Kier alpha value is -1.51. The molecule has 3 heteroatoms. The zero-order valence-electron chi connectivity index (χ0n) is 11.2. The third-order valence-corrected chi connectivity index (χ3v) is 4.04. The summed E-state index contributed by atoms with van der Waals surface area (Å²) >= 11 is 5.99. The van der Waals surface area contributed by atoms with E-state index in [1.165, 1.54) is 18.4 Å². The Morgan fingerprint density at radius 1 is 1.15 bits per heavy atom. The zero-order chi connectivity index (χ0) is 13.9. The van der Waals surface area contributed by atoms with Gasteiger partial charge in [0, 0.05) is 23.2 Å². The molecule has 2 aromatic carbocycles. The van der Waals surface area contributed by atoms with Gasteiger partial charge < -0.3 is 10.4 Å². The van der Waals surface area contributed by atoms with Gasteiger partial charge in [-0.25, -0.2) is 0 Å². The predicted octanol–water partition coefficient (Wildman–Crippen LogP) is 4.29. The fourth-order valence-electron chi connectivity index (χ4n) is 2.56. The topological polar surface area (TPSA) is 32.3 Å². The van der Waals surface area contributed by atoms with E-state index in [0.717, 1.165) is 5.56 Å². The number of hydrogen-bond acceptors (Lipinski definition) is 2. The molecule has 0 aliphatic heterocycles. The van der Waals surface area contributed by atoms with Crippen molar-refractivity contribution in [2.24, 2.45) is 5.92 Å². The Kier molecular flexibility index (Phi) is 3.95. The number of phenolic OH excluding ortho intramolecular Hbond substituents is 1. The molecule has 1 saturated carbocycles. The van der Waals surface area contributed by atoms with Gasteiger partial charge in [-0.3, -0.25) is 0 Å². The van der Waals surface area contributed by atoms with E-state index in [1.807, 2.05) is 12.1 Å². The van der Waals surface area contributed by atoms with Gasteiger partial charge in [-0.15, -0.1) is 0 Å². The van der Waals surface area contributed by atoms with Gasteiger partial charge in [-0.1, -0.05) is 41.9 Å². The lowest BCUT2D eigenvalue weighted by atomic mass is 10.0. The molecule has 1 unspecified atom stereocenters. The van der Waals surface area contributed by atoms with Crippen LogP contribution < -0.4 is 5.32 Å². The lowest BCUT2D eigenvalue weighted by Crippen LogP contribution is -2.22. The molecule has 1 fully saturated rings. The minimum Gasteiger partial charge on any atom is -0.508 e. The summed E-state index contributed by atoms with van der Waals surface area (Å²) in [6, 6.07) is 16.0. The van der Waals surface area contributed by atoms with E-state index in [2.05, 4.69) is 29.6 Å². The van der Waals surface area contributed by atoms with Gasteiger partial charge >= 0.3 is 0 Å². The average Bonchev–Trinajstić information content (AvgIpc) is 3.29. The molecule has 0 radical (unpaired) electrons. The Labute approximate surface area is 124 Å². The van der Waals surface area contributed by atoms with Gasteiger partial charge in [0.2, 0.25) is 0 Å². The zero-order valence-corrected chi connectivity index (χ0v) is 12.0. The van der Waals surface area contributed by atoms with E-state index in [4.69, 9.17) is 11.6 Å². The maximum absolute atomic E-state index is 9.87. The van der Waals surface area contributed by atoms with Crippen LogP contribution in [0.4, 0.5) is 0 Å². The van der Waals surface area contributed by atoms with Crippen LogP contribution in [0.2, 0.25) is 5.02 Å². The van der Waals surface area contributed by atoms with Gasteiger partial charge in [0.05, 0.1) is 0 Å². The summed E-state index contributed by atoms with van der Waals surface area (Å²) in [5.74, 6) is 1.00. The quantitative estimate of drug-likeness (QED) is 0.860. The molecule has 2 N–H and O–H groups in total. The molecular formula is C17H18ClNO. The molecule has 0 heterocycles. The molecule has 0 aromatic heterocycles. The van der Waals surface area contributed by atoms with E-state index < -0.39 is 0 Å².